The summed E-state index contributed by atoms with van der Waals surface area (Å²) in [6.45, 7) is 6.51. The fourth-order valence-corrected chi connectivity index (χ4v) is 1.91. The number of nitrogens with two attached hydrogens (primary N) is 1. The Balaban J connectivity index is 2.45. The largest absolute Gasteiger partial charge is 0.353 e. The third kappa shape index (κ3) is 3.19. The molecule has 16 heavy (non-hydrogen) atoms. The zero-order chi connectivity index (χ0) is 12.2. The first-order valence-corrected chi connectivity index (χ1v) is 6.21. The fraction of sp³-hybridized carbons (Fsp3) is 0.917. The van der Waals surface area contributed by atoms with Crippen LogP contribution < -0.4 is 11.1 Å². The van der Waals surface area contributed by atoms with Gasteiger partial charge in [0.1, 0.15) is 0 Å². The van der Waals surface area contributed by atoms with Crippen LogP contribution in [0, 0.1) is 5.41 Å². The van der Waals surface area contributed by atoms with Crippen LogP contribution in [-0.2, 0) is 4.79 Å². The Hall–Kier alpha value is -0.610. The predicted octanol–water partition coefficient (Wildman–Crippen LogP) is 0.572. The molecule has 94 valence electrons. The van der Waals surface area contributed by atoms with Crippen molar-refractivity contribution in [3.05, 3.63) is 0 Å². The van der Waals surface area contributed by atoms with E-state index in [1.165, 1.54) is 0 Å². The van der Waals surface area contributed by atoms with Gasteiger partial charge in [0.25, 0.3) is 0 Å². The van der Waals surface area contributed by atoms with E-state index in [-0.39, 0.29) is 5.91 Å². The Kier molecular flexibility index (Phi) is 4.74. The minimum absolute atomic E-state index is 0.118. The van der Waals surface area contributed by atoms with Gasteiger partial charge in [-0.15, -0.1) is 0 Å². The molecule has 1 fully saturated rings. The summed E-state index contributed by atoms with van der Waals surface area (Å²) in [7, 11) is 2.12. The molecule has 0 aliphatic carbocycles. The molecule has 1 aliphatic rings. The molecule has 0 radical (unpaired) electrons. The summed E-state index contributed by atoms with van der Waals surface area (Å²) in [5, 5.41) is 3.14. The van der Waals surface area contributed by atoms with Crippen molar-refractivity contribution in [3.8, 4) is 0 Å². The van der Waals surface area contributed by atoms with Crippen molar-refractivity contribution in [1.29, 1.82) is 0 Å². The van der Waals surface area contributed by atoms with Gasteiger partial charge in [-0.3, -0.25) is 4.79 Å². The number of carbonyl (C=O) groups is 1. The van der Waals surface area contributed by atoms with Crippen LogP contribution in [0.3, 0.4) is 0 Å². The van der Waals surface area contributed by atoms with Gasteiger partial charge in [0.15, 0.2) is 0 Å². The van der Waals surface area contributed by atoms with Gasteiger partial charge in [-0.05, 0) is 46.3 Å². The number of hydrogen-bond acceptors (Lipinski definition) is 3. The lowest BCUT2D eigenvalue weighted by Crippen LogP contribution is -2.50. The average Bonchev–Trinajstić information content (AvgIpc) is 2.31. The zero-order valence-corrected chi connectivity index (χ0v) is 10.8. The van der Waals surface area contributed by atoms with E-state index in [4.69, 9.17) is 5.73 Å². The summed E-state index contributed by atoms with van der Waals surface area (Å²) < 4.78 is 0. The zero-order valence-electron chi connectivity index (χ0n) is 10.8. The van der Waals surface area contributed by atoms with E-state index in [1.807, 2.05) is 13.8 Å². The Bertz CT molecular complexity index is 230. The maximum atomic E-state index is 12.1. The van der Waals surface area contributed by atoms with Crippen molar-refractivity contribution in [2.45, 2.75) is 39.2 Å². The van der Waals surface area contributed by atoms with Crippen LogP contribution in [0.2, 0.25) is 0 Å². The van der Waals surface area contributed by atoms with Gasteiger partial charge in [0.2, 0.25) is 5.91 Å². The molecule has 0 aromatic rings. The summed E-state index contributed by atoms with van der Waals surface area (Å²) >= 11 is 0. The van der Waals surface area contributed by atoms with Gasteiger partial charge in [-0.2, -0.15) is 0 Å². The Labute approximate surface area is 98.6 Å². The molecule has 0 aromatic carbocycles. The number of nitrogens with zero attached hydrogens (tertiary/aromatic N) is 1. The summed E-state index contributed by atoms with van der Waals surface area (Å²) in [5.41, 5.74) is 5.28. The van der Waals surface area contributed by atoms with Crippen LogP contribution in [-0.4, -0.2) is 43.5 Å². The van der Waals surface area contributed by atoms with Crippen molar-refractivity contribution in [2.75, 3.05) is 26.7 Å². The summed E-state index contributed by atoms with van der Waals surface area (Å²) in [6, 6.07) is 0.334. The molecule has 1 saturated heterocycles. The van der Waals surface area contributed by atoms with E-state index >= 15 is 0 Å². The molecule has 1 heterocycles. The second-order valence-electron chi connectivity index (χ2n) is 5.17. The second kappa shape index (κ2) is 5.64. The van der Waals surface area contributed by atoms with Gasteiger partial charge < -0.3 is 16.0 Å². The van der Waals surface area contributed by atoms with E-state index in [1.54, 1.807) is 0 Å². The van der Waals surface area contributed by atoms with Gasteiger partial charge in [-0.1, -0.05) is 6.92 Å². The van der Waals surface area contributed by atoms with E-state index in [9.17, 15) is 4.79 Å². The molecule has 1 amide bonds. The lowest BCUT2D eigenvalue weighted by molar-refractivity contribution is -0.130. The molecule has 1 rings (SSSR count). The van der Waals surface area contributed by atoms with Crippen molar-refractivity contribution in [2.24, 2.45) is 11.1 Å². The van der Waals surface area contributed by atoms with Crippen LogP contribution in [0.15, 0.2) is 0 Å². The van der Waals surface area contributed by atoms with Crippen molar-refractivity contribution in [3.63, 3.8) is 0 Å². The van der Waals surface area contributed by atoms with Crippen LogP contribution >= 0.6 is 0 Å². The number of piperidine rings is 1. The van der Waals surface area contributed by atoms with E-state index in [0.717, 1.165) is 32.4 Å². The van der Waals surface area contributed by atoms with Crippen molar-refractivity contribution in [1.82, 2.24) is 10.2 Å². The van der Waals surface area contributed by atoms with Crippen LogP contribution in [0.25, 0.3) is 0 Å². The Morgan fingerprint density at radius 1 is 1.50 bits per heavy atom. The van der Waals surface area contributed by atoms with E-state index in [2.05, 4.69) is 17.3 Å². The maximum absolute atomic E-state index is 12.1. The lowest BCUT2D eigenvalue weighted by atomic mass is 9.86. The van der Waals surface area contributed by atoms with Gasteiger partial charge in [0, 0.05) is 12.6 Å². The first-order chi connectivity index (χ1) is 7.51. The van der Waals surface area contributed by atoms with Gasteiger partial charge in [-0.25, -0.2) is 0 Å². The molecular formula is C12H25N3O. The van der Waals surface area contributed by atoms with Gasteiger partial charge in [0.05, 0.1) is 5.41 Å². The normalized spacial score (nSPS) is 22.8. The molecule has 1 atom stereocenters. The van der Waals surface area contributed by atoms with E-state index in [0.29, 0.717) is 12.6 Å². The number of likely N-dealkylation sites (tertiary alicyclic amines) is 1. The highest BCUT2D eigenvalue weighted by Crippen LogP contribution is 2.20. The predicted molar refractivity (Wildman–Crippen MR) is 66.1 cm³/mol. The van der Waals surface area contributed by atoms with Gasteiger partial charge >= 0.3 is 0 Å². The maximum Gasteiger partial charge on any atom is 0.227 e. The number of rotatable bonds is 4. The molecule has 0 aromatic heterocycles. The summed E-state index contributed by atoms with van der Waals surface area (Å²) in [5.74, 6) is 0.118. The molecule has 3 N–H and O–H groups in total. The summed E-state index contributed by atoms with van der Waals surface area (Å²) in [4.78, 5) is 14.4. The molecule has 1 aliphatic heterocycles. The van der Waals surface area contributed by atoms with E-state index < -0.39 is 5.41 Å². The Morgan fingerprint density at radius 3 is 2.50 bits per heavy atom. The lowest BCUT2D eigenvalue weighted by Gasteiger charge is -2.33. The second-order valence-corrected chi connectivity index (χ2v) is 5.17. The standard InChI is InChI=1S/C12H25N3O/c1-4-12(2,9-13)11(16)14-10-5-7-15(3)8-6-10/h10H,4-9,13H2,1-3H3,(H,14,16). The fourth-order valence-electron chi connectivity index (χ4n) is 1.91. The highest BCUT2D eigenvalue weighted by molar-refractivity contribution is 5.82. The van der Waals surface area contributed by atoms with Crippen molar-refractivity contribution >= 4 is 5.91 Å². The topological polar surface area (TPSA) is 58.4 Å². The molecule has 0 bridgehead atoms. The van der Waals surface area contributed by atoms with Crippen molar-refractivity contribution < 1.29 is 4.79 Å². The number of hydrogen-bond donors (Lipinski definition) is 2. The minimum atomic E-state index is -0.399. The number of nitrogens with one attached hydrogen (secondary N) is 1. The molecule has 4 nitrogen and oxygen atoms in total. The monoisotopic (exact) mass is 227 g/mol. The highest BCUT2D eigenvalue weighted by atomic mass is 16.2. The van der Waals surface area contributed by atoms with Crippen LogP contribution in [0.4, 0.5) is 0 Å². The number of carbonyl (C=O) groups excluding carboxylic acids is 1. The first-order valence-electron chi connectivity index (χ1n) is 6.21. The SMILES string of the molecule is CCC(C)(CN)C(=O)NC1CCN(C)CC1. The third-order valence-corrected chi connectivity index (χ3v) is 3.83. The molecular weight excluding hydrogens is 202 g/mol. The minimum Gasteiger partial charge on any atom is -0.353 e. The average molecular weight is 227 g/mol. The molecule has 4 heteroatoms. The quantitative estimate of drug-likeness (QED) is 0.738. The highest BCUT2D eigenvalue weighted by Gasteiger charge is 2.31. The van der Waals surface area contributed by atoms with Crippen LogP contribution in [0.1, 0.15) is 33.1 Å². The molecule has 0 spiro atoms. The smallest absolute Gasteiger partial charge is 0.227 e. The molecule has 1 unspecified atom stereocenters. The Morgan fingerprint density at radius 2 is 2.06 bits per heavy atom. The third-order valence-electron chi connectivity index (χ3n) is 3.83. The molecule has 0 saturated carbocycles. The summed E-state index contributed by atoms with van der Waals surface area (Å²) in [6.07, 6.45) is 2.89. The van der Waals surface area contributed by atoms with Crippen LogP contribution in [0.5, 0.6) is 0 Å². The number of amides is 1. The first kappa shape index (κ1) is 13.5.